The second-order valence-electron chi connectivity index (χ2n) is 5.16. The van der Waals surface area contributed by atoms with Crippen LogP contribution in [0.4, 0.5) is 11.5 Å². The standard InChI is InChI=1S/C18H16N4O2/c1-13(23)19-17-12-16(18(24)20-14-8-4-2-5-9-14)21-22(17)15-10-6-3-7-11-15/h2-12H,1H3,(H,19,23)(H,20,24). The van der Waals surface area contributed by atoms with Crippen molar-refractivity contribution in [3.8, 4) is 5.69 Å². The van der Waals surface area contributed by atoms with Crippen molar-refractivity contribution in [2.75, 3.05) is 10.6 Å². The third-order valence-corrected chi connectivity index (χ3v) is 3.28. The first-order chi connectivity index (χ1) is 11.6. The van der Waals surface area contributed by atoms with Crippen molar-refractivity contribution in [1.82, 2.24) is 9.78 Å². The molecule has 6 nitrogen and oxygen atoms in total. The van der Waals surface area contributed by atoms with Gasteiger partial charge in [-0.15, -0.1) is 0 Å². The summed E-state index contributed by atoms with van der Waals surface area (Å²) in [6, 6.07) is 20.0. The van der Waals surface area contributed by atoms with E-state index in [9.17, 15) is 9.59 Å². The molecule has 0 unspecified atom stereocenters. The van der Waals surface area contributed by atoms with E-state index in [-0.39, 0.29) is 17.5 Å². The van der Waals surface area contributed by atoms with Crippen molar-refractivity contribution in [2.24, 2.45) is 0 Å². The highest BCUT2D eigenvalue weighted by Crippen LogP contribution is 2.18. The van der Waals surface area contributed by atoms with E-state index in [1.807, 2.05) is 48.5 Å². The van der Waals surface area contributed by atoms with Gasteiger partial charge in [-0.2, -0.15) is 5.10 Å². The summed E-state index contributed by atoms with van der Waals surface area (Å²) in [5.41, 5.74) is 1.64. The molecule has 0 saturated carbocycles. The molecule has 0 atom stereocenters. The fourth-order valence-electron chi connectivity index (χ4n) is 2.24. The topological polar surface area (TPSA) is 76.0 Å². The van der Waals surface area contributed by atoms with Crippen molar-refractivity contribution >= 4 is 23.3 Å². The maximum Gasteiger partial charge on any atom is 0.276 e. The number of anilines is 2. The van der Waals surface area contributed by atoms with Gasteiger partial charge in [0.1, 0.15) is 5.82 Å². The van der Waals surface area contributed by atoms with Gasteiger partial charge in [-0.1, -0.05) is 36.4 Å². The summed E-state index contributed by atoms with van der Waals surface area (Å²) in [6.45, 7) is 1.41. The average molecular weight is 320 g/mol. The lowest BCUT2D eigenvalue weighted by Gasteiger charge is -2.06. The molecule has 0 aliphatic carbocycles. The quantitative estimate of drug-likeness (QED) is 0.775. The van der Waals surface area contributed by atoms with Gasteiger partial charge in [-0.05, 0) is 24.3 Å². The Hall–Kier alpha value is -3.41. The third kappa shape index (κ3) is 3.49. The number of carbonyl (C=O) groups excluding carboxylic acids is 2. The molecule has 0 bridgehead atoms. The Labute approximate surface area is 139 Å². The van der Waals surface area contributed by atoms with Crippen LogP contribution in [-0.4, -0.2) is 21.6 Å². The number of amides is 2. The van der Waals surface area contributed by atoms with Crippen LogP contribution in [0.25, 0.3) is 5.69 Å². The molecule has 0 radical (unpaired) electrons. The van der Waals surface area contributed by atoms with Gasteiger partial charge in [0.15, 0.2) is 5.69 Å². The normalized spacial score (nSPS) is 10.2. The molecule has 24 heavy (non-hydrogen) atoms. The first kappa shape index (κ1) is 15.5. The molecular formula is C18H16N4O2. The molecule has 0 spiro atoms. The summed E-state index contributed by atoms with van der Waals surface area (Å²) in [5.74, 6) is -0.142. The number of nitrogens with zero attached hydrogens (tertiary/aromatic N) is 2. The van der Waals surface area contributed by atoms with Gasteiger partial charge in [0.2, 0.25) is 5.91 Å². The van der Waals surface area contributed by atoms with E-state index < -0.39 is 0 Å². The van der Waals surface area contributed by atoms with E-state index in [1.165, 1.54) is 11.6 Å². The predicted molar refractivity (Wildman–Crippen MR) is 92.3 cm³/mol. The van der Waals surface area contributed by atoms with Crippen molar-refractivity contribution in [3.63, 3.8) is 0 Å². The maximum atomic E-state index is 12.4. The van der Waals surface area contributed by atoms with Crippen LogP contribution in [0.1, 0.15) is 17.4 Å². The summed E-state index contributed by atoms with van der Waals surface area (Å²) in [5, 5.41) is 9.79. The molecule has 2 aromatic carbocycles. The molecule has 120 valence electrons. The summed E-state index contributed by atoms with van der Waals surface area (Å²) in [4.78, 5) is 23.8. The first-order valence-corrected chi connectivity index (χ1v) is 7.43. The van der Waals surface area contributed by atoms with E-state index in [1.54, 1.807) is 18.2 Å². The van der Waals surface area contributed by atoms with Crippen LogP contribution in [0.5, 0.6) is 0 Å². The minimum Gasteiger partial charge on any atom is -0.321 e. The number of carbonyl (C=O) groups is 2. The summed E-state index contributed by atoms with van der Waals surface area (Å²) >= 11 is 0. The van der Waals surface area contributed by atoms with Gasteiger partial charge >= 0.3 is 0 Å². The molecule has 1 aromatic heterocycles. The van der Waals surface area contributed by atoms with Gasteiger partial charge in [-0.25, -0.2) is 4.68 Å². The molecular weight excluding hydrogens is 304 g/mol. The number of hydrogen-bond donors (Lipinski definition) is 2. The molecule has 1 heterocycles. The molecule has 0 saturated heterocycles. The van der Waals surface area contributed by atoms with Crippen molar-refractivity contribution in [3.05, 3.63) is 72.4 Å². The number of para-hydroxylation sites is 2. The van der Waals surface area contributed by atoms with E-state index in [0.29, 0.717) is 11.5 Å². The van der Waals surface area contributed by atoms with Crippen molar-refractivity contribution in [1.29, 1.82) is 0 Å². The fourth-order valence-corrected chi connectivity index (χ4v) is 2.24. The molecule has 3 rings (SSSR count). The summed E-state index contributed by atoms with van der Waals surface area (Å²) in [7, 11) is 0. The molecule has 2 N–H and O–H groups in total. The minimum absolute atomic E-state index is 0.214. The van der Waals surface area contributed by atoms with Crippen molar-refractivity contribution < 1.29 is 9.59 Å². The molecule has 6 heteroatoms. The lowest BCUT2D eigenvalue weighted by atomic mass is 10.3. The Morgan fingerprint density at radius 3 is 2.17 bits per heavy atom. The van der Waals surface area contributed by atoms with E-state index in [2.05, 4.69) is 15.7 Å². The highest BCUT2D eigenvalue weighted by molar-refractivity contribution is 6.04. The van der Waals surface area contributed by atoms with E-state index in [0.717, 1.165) is 5.69 Å². The molecule has 3 aromatic rings. The lowest BCUT2D eigenvalue weighted by Crippen LogP contribution is -2.13. The second-order valence-corrected chi connectivity index (χ2v) is 5.16. The van der Waals surface area contributed by atoms with Gasteiger partial charge in [0.25, 0.3) is 5.91 Å². The highest BCUT2D eigenvalue weighted by Gasteiger charge is 2.16. The van der Waals surface area contributed by atoms with Gasteiger partial charge in [0, 0.05) is 18.7 Å². The number of nitrogens with one attached hydrogen (secondary N) is 2. The van der Waals surface area contributed by atoms with Crippen LogP contribution in [0.2, 0.25) is 0 Å². The maximum absolute atomic E-state index is 12.4. The summed E-state index contributed by atoms with van der Waals surface area (Å²) in [6.07, 6.45) is 0. The Kier molecular flexibility index (Phi) is 4.38. The molecule has 0 aliphatic rings. The van der Waals surface area contributed by atoms with E-state index in [4.69, 9.17) is 0 Å². The number of rotatable bonds is 4. The van der Waals surface area contributed by atoms with Gasteiger partial charge in [0.05, 0.1) is 5.69 Å². The van der Waals surface area contributed by atoms with Gasteiger partial charge in [-0.3, -0.25) is 9.59 Å². The summed E-state index contributed by atoms with van der Waals surface area (Å²) < 4.78 is 1.53. The number of hydrogen-bond acceptors (Lipinski definition) is 3. The Morgan fingerprint density at radius 1 is 0.917 bits per heavy atom. The predicted octanol–water partition coefficient (Wildman–Crippen LogP) is 3.08. The Balaban J connectivity index is 1.93. The monoisotopic (exact) mass is 320 g/mol. The van der Waals surface area contributed by atoms with Crippen molar-refractivity contribution in [2.45, 2.75) is 6.92 Å². The zero-order valence-corrected chi connectivity index (χ0v) is 13.1. The van der Waals surface area contributed by atoms with Crippen LogP contribution < -0.4 is 10.6 Å². The van der Waals surface area contributed by atoms with Crippen LogP contribution in [-0.2, 0) is 4.79 Å². The van der Waals surface area contributed by atoms with Crippen LogP contribution in [0.3, 0.4) is 0 Å². The smallest absolute Gasteiger partial charge is 0.276 e. The SMILES string of the molecule is CC(=O)Nc1cc(C(=O)Nc2ccccc2)nn1-c1ccccc1. The molecule has 0 fully saturated rings. The zero-order chi connectivity index (χ0) is 16.9. The average Bonchev–Trinajstić information content (AvgIpc) is 3.00. The third-order valence-electron chi connectivity index (χ3n) is 3.28. The zero-order valence-electron chi connectivity index (χ0n) is 13.1. The first-order valence-electron chi connectivity index (χ1n) is 7.43. The second kappa shape index (κ2) is 6.78. The van der Waals surface area contributed by atoms with Crippen LogP contribution in [0.15, 0.2) is 66.7 Å². The van der Waals surface area contributed by atoms with Gasteiger partial charge < -0.3 is 10.6 Å². The number of aromatic nitrogens is 2. The largest absolute Gasteiger partial charge is 0.321 e. The molecule has 0 aliphatic heterocycles. The highest BCUT2D eigenvalue weighted by atomic mass is 16.2. The fraction of sp³-hybridized carbons (Fsp3) is 0.0556. The lowest BCUT2D eigenvalue weighted by molar-refractivity contribution is -0.114. The van der Waals surface area contributed by atoms with Crippen LogP contribution in [0, 0.1) is 0 Å². The molecule has 2 amide bonds. The number of benzene rings is 2. The Morgan fingerprint density at radius 2 is 1.54 bits per heavy atom. The minimum atomic E-state index is -0.345. The van der Waals surface area contributed by atoms with E-state index >= 15 is 0 Å². The Bertz CT molecular complexity index is 857. The van der Waals surface area contributed by atoms with Crippen LogP contribution >= 0.6 is 0 Å².